The highest BCUT2D eigenvalue weighted by Gasteiger charge is 2.47. The largest absolute Gasteiger partial charge is 0.515 e. The van der Waals surface area contributed by atoms with Crippen molar-refractivity contribution >= 4 is 23.8 Å². The minimum absolute atomic E-state index is 0.0165. The van der Waals surface area contributed by atoms with Crippen LogP contribution < -0.4 is 0 Å². The van der Waals surface area contributed by atoms with E-state index in [2.05, 4.69) is 0 Å². The average molecular weight is 333 g/mol. The Morgan fingerprint density at radius 2 is 1.91 bits per heavy atom. The molecule has 0 radical (unpaired) electrons. The van der Waals surface area contributed by atoms with Crippen molar-refractivity contribution in [3.05, 3.63) is 41.1 Å². The van der Waals surface area contributed by atoms with Gasteiger partial charge in [0.25, 0.3) is 0 Å². The molecular formula is C17H19NO4S. The van der Waals surface area contributed by atoms with Crippen molar-refractivity contribution in [2.24, 2.45) is 0 Å². The van der Waals surface area contributed by atoms with E-state index in [1.54, 1.807) is 25.7 Å². The van der Waals surface area contributed by atoms with Gasteiger partial charge in [-0.25, -0.2) is 4.79 Å². The number of benzene rings is 1. The van der Waals surface area contributed by atoms with Crippen LogP contribution in [0.25, 0.3) is 0 Å². The normalized spacial score (nSPS) is 20.2. The maximum Gasteiger partial charge on any atom is 0.515 e. The van der Waals surface area contributed by atoms with Crippen LogP contribution in [0.4, 0.5) is 4.79 Å². The van der Waals surface area contributed by atoms with Gasteiger partial charge in [-0.1, -0.05) is 30.0 Å². The van der Waals surface area contributed by atoms with Gasteiger partial charge >= 0.3 is 6.16 Å². The van der Waals surface area contributed by atoms with Gasteiger partial charge in [-0.15, -0.1) is 0 Å². The zero-order valence-corrected chi connectivity index (χ0v) is 14.2. The maximum atomic E-state index is 12.0. The fraction of sp³-hybridized carbons (Fsp3) is 0.412. The Labute approximate surface area is 139 Å². The number of β-lactam (4-membered cyclic amide) rings is 1. The highest BCUT2D eigenvalue weighted by atomic mass is 32.2. The van der Waals surface area contributed by atoms with Gasteiger partial charge in [-0.2, -0.15) is 0 Å². The van der Waals surface area contributed by atoms with E-state index in [1.165, 1.54) is 11.8 Å². The quantitative estimate of drug-likeness (QED) is 0.620. The maximum absolute atomic E-state index is 12.0. The average Bonchev–Trinajstić information content (AvgIpc) is 2.69. The van der Waals surface area contributed by atoms with Crippen LogP contribution in [0.15, 0.2) is 46.0 Å². The zero-order valence-electron chi connectivity index (χ0n) is 13.4. The van der Waals surface area contributed by atoms with Gasteiger partial charge in [0, 0.05) is 17.7 Å². The summed E-state index contributed by atoms with van der Waals surface area (Å²) in [6.45, 7) is 5.32. The van der Waals surface area contributed by atoms with Gasteiger partial charge in [-0.05, 0) is 32.9 Å². The van der Waals surface area contributed by atoms with E-state index in [4.69, 9.17) is 9.47 Å². The highest BCUT2D eigenvalue weighted by molar-refractivity contribution is 8.03. The van der Waals surface area contributed by atoms with Crippen LogP contribution in [0, 0.1) is 0 Å². The standard InChI is InChI=1S/C17H19NO4S/c1-17(2,3)22-16(20)21-15-13(9-11-10-14(19)18(11)15)23-12-7-5-4-6-8-12/h4-8,11H,9-10H2,1-3H3. The highest BCUT2D eigenvalue weighted by Crippen LogP contribution is 2.45. The Morgan fingerprint density at radius 3 is 2.52 bits per heavy atom. The lowest BCUT2D eigenvalue weighted by molar-refractivity contribution is -0.144. The molecule has 1 atom stereocenters. The summed E-state index contributed by atoms with van der Waals surface area (Å²) in [6, 6.07) is 9.92. The van der Waals surface area contributed by atoms with Crippen LogP contribution in [0.5, 0.6) is 0 Å². The number of nitrogens with zero attached hydrogens (tertiary/aromatic N) is 1. The van der Waals surface area contributed by atoms with E-state index in [0.29, 0.717) is 18.7 Å². The first kappa shape index (κ1) is 15.9. The number of hydrogen-bond acceptors (Lipinski definition) is 5. The van der Waals surface area contributed by atoms with E-state index in [0.717, 1.165) is 9.80 Å². The minimum atomic E-state index is -0.779. The molecule has 0 saturated carbocycles. The Morgan fingerprint density at radius 1 is 1.22 bits per heavy atom. The molecular weight excluding hydrogens is 314 g/mol. The molecule has 2 aliphatic rings. The molecule has 2 aliphatic heterocycles. The fourth-order valence-corrected chi connectivity index (χ4v) is 3.61. The number of ether oxygens (including phenoxy) is 2. The van der Waals surface area contributed by atoms with Crippen LogP contribution in [0.1, 0.15) is 33.6 Å². The third-order valence-corrected chi connectivity index (χ3v) is 4.57. The second kappa shape index (κ2) is 5.92. The number of rotatable bonds is 3. The molecule has 5 nitrogen and oxygen atoms in total. The lowest BCUT2D eigenvalue weighted by atomic mass is 10.0. The Hall–Kier alpha value is -1.95. The molecule has 0 spiro atoms. The summed E-state index contributed by atoms with van der Waals surface area (Å²) in [5.74, 6) is 0.312. The van der Waals surface area contributed by atoms with Crippen molar-refractivity contribution in [3.8, 4) is 0 Å². The summed E-state index contributed by atoms with van der Waals surface area (Å²) in [4.78, 5) is 27.3. The Kier molecular flexibility index (Phi) is 4.10. The molecule has 1 amide bonds. The monoisotopic (exact) mass is 333 g/mol. The number of hydrogen-bond donors (Lipinski definition) is 0. The molecule has 122 valence electrons. The minimum Gasteiger partial charge on any atom is -0.428 e. The van der Waals surface area contributed by atoms with Crippen molar-refractivity contribution in [1.82, 2.24) is 4.90 Å². The molecule has 0 bridgehead atoms. The van der Waals surface area contributed by atoms with E-state index in [-0.39, 0.29) is 11.9 Å². The second-order valence-electron chi connectivity index (χ2n) is 6.54. The predicted octanol–water partition coefficient (Wildman–Crippen LogP) is 3.90. The number of amides is 1. The summed E-state index contributed by atoms with van der Waals surface area (Å²) in [6.07, 6.45) is 0.433. The predicted molar refractivity (Wildman–Crippen MR) is 86.5 cm³/mol. The van der Waals surface area contributed by atoms with E-state index < -0.39 is 11.8 Å². The van der Waals surface area contributed by atoms with E-state index in [1.807, 2.05) is 30.3 Å². The Balaban J connectivity index is 1.80. The fourth-order valence-electron chi connectivity index (χ4n) is 2.53. The summed E-state index contributed by atoms with van der Waals surface area (Å²) in [5.41, 5.74) is -0.638. The molecule has 1 aromatic carbocycles. The van der Waals surface area contributed by atoms with Crippen molar-refractivity contribution < 1.29 is 19.1 Å². The van der Waals surface area contributed by atoms with Gasteiger partial charge < -0.3 is 9.47 Å². The number of thioether (sulfide) groups is 1. The molecule has 1 saturated heterocycles. The van der Waals surface area contributed by atoms with Gasteiger partial charge in [0.1, 0.15) is 5.60 Å². The summed E-state index contributed by atoms with van der Waals surface area (Å²) in [7, 11) is 0. The lowest BCUT2D eigenvalue weighted by Crippen LogP contribution is -2.49. The van der Waals surface area contributed by atoms with Crippen LogP contribution in [-0.4, -0.2) is 28.6 Å². The van der Waals surface area contributed by atoms with Gasteiger partial charge in [0.15, 0.2) is 0 Å². The number of carbonyl (C=O) groups is 2. The second-order valence-corrected chi connectivity index (χ2v) is 7.70. The first-order chi connectivity index (χ1) is 10.8. The molecule has 3 rings (SSSR count). The third kappa shape index (κ3) is 3.52. The third-order valence-electron chi connectivity index (χ3n) is 3.48. The van der Waals surface area contributed by atoms with Crippen LogP contribution in [0.3, 0.4) is 0 Å². The number of carbonyl (C=O) groups excluding carboxylic acids is 2. The van der Waals surface area contributed by atoms with E-state index in [9.17, 15) is 9.59 Å². The summed E-state index contributed by atoms with van der Waals surface area (Å²) in [5, 5.41) is 0. The van der Waals surface area contributed by atoms with Gasteiger partial charge in [0.05, 0.1) is 10.9 Å². The van der Waals surface area contributed by atoms with Crippen LogP contribution in [-0.2, 0) is 14.3 Å². The van der Waals surface area contributed by atoms with E-state index >= 15 is 0 Å². The first-order valence-corrected chi connectivity index (χ1v) is 8.34. The molecule has 0 N–H and O–H groups in total. The SMILES string of the molecule is CC(C)(C)OC(=O)OC1=C(Sc2ccccc2)CC2CC(=O)N12. The van der Waals surface area contributed by atoms with Crippen LogP contribution in [0.2, 0.25) is 0 Å². The van der Waals surface area contributed by atoms with Crippen molar-refractivity contribution in [1.29, 1.82) is 0 Å². The lowest BCUT2D eigenvalue weighted by Gasteiger charge is -2.35. The smallest absolute Gasteiger partial charge is 0.428 e. The van der Waals surface area contributed by atoms with Crippen molar-refractivity contribution in [2.45, 2.75) is 50.2 Å². The number of fused-ring (bicyclic) bond motifs is 1. The molecule has 0 aliphatic carbocycles. The molecule has 6 heteroatoms. The first-order valence-electron chi connectivity index (χ1n) is 7.52. The zero-order chi connectivity index (χ0) is 16.6. The molecule has 1 aromatic rings. The summed E-state index contributed by atoms with van der Waals surface area (Å²) >= 11 is 1.52. The topological polar surface area (TPSA) is 55.8 Å². The summed E-state index contributed by atoms with van der Waals surface area (Å²) < 4.78 is 10.6. The Bertz CT molecular complexity index is 663. The van der Waals surface area contributed by atoms with Crippen molar-refractivity contribution in [2.75, 3.05) is 0 Å². The molecule has 1 unspecified atom stereocenters. The van der Waals surface area contributed by atoms with Gasteiger partial charge in [0.2, 0.25) is 11.8 Å². The van der Waals surface area contributed by atoms with Crippen molar-refractivity contribution in [3.63, 3.8) is 0 Å². The molecule has 0 aromatic heterocycles. The van der Waals surface area contributed by atoms with Crippen LogP contribution >= 0.6 is 11.8 Å². The van der Waals surface area contributed by atoms with Gasteiger partial charge in [-0.3, -0.25) is 9.69 Å². The molecule has 1 fully saturated rings. The molecule has 23 heavy (non-hydrogen) atoms. The molecule has 2 heterocycles.